The summed E-state index contributed by atoms with van der Waals surface area (Å²) in [5.41, 5.74) is 0.689. The van der Waals surface area contributed by atoms with Gasteiger partial charge in [0.05, 0.1) is 6.61 Å². The summed E-state index contributed by atoms with van der Waals surface area (Å²) in [5.74, 6) is -1.04. The molecule has 114 valence electrons. The molecule has 1 atom stereocenters. The fourth-order valence-corrected chi connectivity index (χ4v) is 3.42. The number of aliphatic carboxylic acids is 1. The minimum absolute atomic E-state index is 0.157. The van der Waals surface area contributed by atoms with Gasteiger partial charge in [-0.05, 0) is 23.4 Å². The fraction of sp³-hybridized carbons (Fsp3) is 0.429. The second kappa shape index (κ2) is 6.73. The normalized spacial score (nSPS) is 17.2. The van der Waals surface area contributed by atoms with Crippen molar-refractivity contribution in [1.82, 2.24) is 9.80 Å². The zero-order valence-corrected chi connectivity index (χ0v) is 12.4. The highest BCUT2D eigenvalue weighted by Crippen LogP contribution is 2.34. The minimum Gasteiger partial charge on any atom is -0.479 e. The molecule has 21 heavy (non-hydrogen) atoms. The summed E-state index contributed by atoms with van der Waals surface area (Å²) in [6.07, 6.45) is 2.22. The molecule has 2 heterocycles. The molecule has 2 N–H and O–H groups in total. The van der Waals surface area contributed by atoms with Gasteiger partial charge in [-0.2, -0.15) is 0 Å². The van der Waals surface area contributed by atoms with Gasteiger partial charge in [0.25, 0.3) is 0 Å². The first-order chi connectivity index (χ1) is 10.1. The first-order valence-corrected chi connectivity index (χ1v) is 7.54. The van der Waals surface area contributed by atoms with E-state index in [-0.39, 0.29) is 25.7 Å². The number of fused-ring (bicyclic) bond motifs is 1. The van der Waals surface area contributed by atoms with E-state index in [1.165, 1.54) is 21.1 Å². The highest BCUT2D eigenvalue weighted by atomic mass is 32.1. The van der Waals surface area contributed by atoms with Gasteiger partial charge in [-0.1, -0.05) is 6.08 Å². The summed E-state index contributed by atoms with van der Waals surface area (Å²) in [6, 6.07) is 0.425. The molecule has 0 radical (unpaired) electrons. The van der Waals surface area contributed by atoms with E-state index in [0.29, 0.717) is 18.5 Å². The average Bonchev–Trinajstić information content (AvgIpc) is 2.93. The number of thiophene rings is 1. The summed E-state index contributed by atoms with van der Waals surface area (Å²) in [6.45, 7) is 4.21. The summed E-state index contributed by atoms with van der Waals surface area (Å²) in [7, 11) is 0. The molecule has 1 aliphatic heterocycles. The number of amides is 2. The second-order valence-corrected chi connectivity index (χ2v) is 5.72. The van der Waals surface area contributed by atoms with Crippen molar-refractivity contribution in [3.8, 4) is 0 Å². The fourth-order valence-electron chi connectivity index (χ4n) is 2.51. The molecule has 0 saturated heterocycles. The van der Waals surface area contributed by atoms with E-state index in [0.717, 1.165) is 4.88 Å². The van der Waals surface area contributed by atoms with Gasteiger partial charge in [0.15, 0.2) is 6.04 Å². The SMILES string of the molecule is C=CCN(CCO)C(=O)N1CCc2sccc2C1C(=O)O. The molecule has 1 unspecified atom stereocenters. The van der Waals surface area contributed by atoms with E-state index in [4.69, 9.17) is 5.11 Å². The number of rotatable bonds is 5. The Kier molecular flexibility index (Phi) is 4.98. The van der Waals surface area contributed by atoms with Gasteiger partial charge in [0, 0.05) is 24.5 Å². The molecule has 2 rings (SSSR count). The van der Waals surface area contributed by atoms with E-state index < -0.39 is 12.0 Å². The van der Waals surface area contributed by atoms with Gasteiger partial charge in [0.1, 0.15) is 0 Å². The quantitative estimate of drug-likeness (QED) is 0.804. The number of carboxylic acids is 1. The van der Waals surface area contributed by atoms with Crippen molar-refractivity contribution in [1.29, 1.82) is 0 Å². The summed E-state index contributed by atoms with van der Waals surface area (Å²) in [5, 5.41) is 20.4. The van der Waals surface area contributed by atoms with E-state index in [2.05, 4.69) is 6.58 Å². The maximum atomic E-state index is 12.6. The zero-order chi connectivity index (χ0) is 15.4. The van der Waals surface area contributed by atoms with Crippen LogP contribution in [0.15, 0.2) is 24.1 Å². The van der Waals surface area contributed by atoms with Crippen LogP contribution in [0.2, 0.25) is 0 Å². The Labute approximate surface area is 126 Å². The van der Waals surface area contributed by atoms with Gasteiger partial charge < -0.3 is 20.0 Å². The van der Waals surface area contributed by atoms with Gasteiger partial charge in [0.2, 0.25) is 0 Å². The Balaban J connectivity index is 2.27. The third kappa shape index (κ3) is 3.08. The van der Waals surface area contributed by atoms with Crippen molar-refractivity contribution >= 4 is 23.3 Å². The maximum absolute atomic E-state index is 12.6. The molecule has 1 aliphatic rings. The number of nitrogens with zero attached hydrogens (tertiary/aromatic N) is 2. The van der Waals surface area contributed by atoms with Crippen LogP contribution in [0.25, 0.3) is 0 Å². The van der Waals surface area contributed by atoms with Gasteiger partial charge in [-0.3, -0.25) is 0 Å². The lowest BCUT2D eigenvalue weighted by molar-refractivity contribution is -0.143. The number of carbonyl (C=O) groups excluding carboxylic acids is 1. The average molecular weight is 310 g/mol. The summed E-state index contributed by atoms with van der Waals surface area (Å²) in [4.78, 5) is 27.9. The highest BCUT2D eigenvalue weighted by Gasteiger charge is 2.38. The predicted molar refractivity (Wildman–Crippen MR) is 79.4 cm³/mol. The van der Waals surface area contributed by atoms with Gasteiger partial charge in [-0.15, -0.1) is 17.9 Å². The second-order valence-electron chi connectivity index (χ2n) is 4.72. The largest absolute Gasteiger partial charge is 0.479 e. The van der Waals surface area contributed by atoms with Crippen LogP contribution in [0.1, 0.15) is 16.5 Å². The van der Waals surface area contributed by atoms with Crippen LogP contribution in [-0.2, 0) is 11.2 Å². The number of hydrogen-bond acceptors (Lipinski definition) is 4. The monoisotopic (exact) mass is 310 g/mol. The van der Waals surface area contributed by atoms with Crippen molar-refractivity contribution in [3.05, 3.63) is 34.5 Å². The number of carbonyl (C=O) groups is 2. The molecular formula is C14H18N2O4S. The smallest absolute Gasteiger partial charge is 0.331 e. The molecule has 2 amide bonds. The van der Waals surface area contributed by atoms with E-state index in [1.54, 1.807) is 12.1 Å². The Morgan fingerprint density at radius 3 is 2.95 bits per heavy atom. The number of aliphatic hydroxyl groups excluding tert-OH is 1. The number of aliphatic hydroxyl groups is 1. The summed E-state index contributed by atoms with van der Waals surface area (Å²) >= 11 is 1.52. The lowest BCUT2D eigenvalue weighted by Crippen LogP contribution is -2.50. The van der Waals surface area contributed by atoms with Crippen molar-refractivity contribution in [2.45, 2.75) is 12.5 Å². The molecule has 0 saturated carbocycles. The first-order valence-electron chi connectivity index (χ1n) is 6.66. The molecule has 0 bridgehead atoms. The Morgan fingerprint density at radius 1 is 1.57 bits per heavy atom. The maximum Gasteiger partial charge on any atom is 0.331 e. The van der Waals surface area contributed by atoms with E-state index in [9.17, 15) is 14.7 Å². The van der Waals surface area contributed by atoms with Crippen LogP contribution in [-0.4, -0.2) is 58.3 Å². The molecule has 7 heteroatoms. The third-order valence-corrected chi connectivity index (χ3v) is 4.43. The molecule has 0 aliphatic carbocycles. The van der Waals surface area contributed by atoms with Gasteiger partial charge in [-0.25, -0.2) is 9.59 Å². The molecule has 1 aromatic rings. The van der Waals surface area contributed by atoms with Crippen LogP contribution < -0.4 is 0 Å². The zero-order valence-electron chi connectivity index (χ0n) is 11.6. The van der Waals surface area contributed by atoms with E-state index >= 15 is 0 Å². The van der Waals surface area contributed by atoms with Crippen LogP contribution in [0.3, 0.4) is 0 Å². The highest BCUT2D eigenvalue weighted by molar-refractivity contribution is 7.10. The van der Waals surface area contributed by atoms with Crippen molar-refractivity contribution in [2.24, 2.45) is 0 Å². The van der Waals surface area contributed by atoms with Crippen LogP contribution in [0.4, 0.5) is 4.79 Å². The van der Waals surface area contributed by atoms with Crippen molar-refractivity contribution in [2.75, 3.05) is 26.2 Å². The number of urea groups is 1. The Morgan fingerprint density at radius 2 is 2.33 bits per heavy atom. The Bertz CT molecular complexity index is 543. The number of carboxylic acid groups (broad SMARTS) is 1. The van der Waals surface area contributed by atoms with Crippen LogP contribution in [0, 0.1) is 0 Å². The Hall–Kier alpha value is -1.86. The molecule has 1 aromatic heterocycles. The molecule has 6 nitrogen and oxygen atoms in total. The predicted octanol–water partition coefficient (Wildman–Crippen LogP) is 1.33. The lowest BCUT2D eigenvalue weighted by Gasteiger charge is -2.36. The number of hydrogen-bond donors (Lipinski definition) is 2. The van der Waals surface area contributed by atoms with Crippen LogP contribution >= 0.6 is 11.3 Å². The topological polar surface area (TPSA) is 81.1 Å². The van der Waals surface area contributed by atoms with Gasteiger partial charge >= 0.3 is 12.0 Å². The third-order valence-electron chi connectivity index (χ3n) is 3.44. The van der Waals surface area contributed by atoms with Crippen molar-refractivity contribution in [3.63, 3.8) is 0 Å². The minimum atomic E-state index is -1.04. The van der Waals surface area contributed by atoms with Crippen LogP contribution in [0.5, 0.6) is 0 Å². The summed E-state index contributed by atoms with van der Waals surface area (Å²) < 4.78 is 0. The molecule has 0 aromatic carbocycles. The van der Waals surface area contributed by atoms with E-state index in [1.807, 2.05) is 5.38 Å². The first kappa shape index (κ1) is 15.5. The molecule has 0 fully saturated rings. The van der Waals surface area contributed by atoms with Crippen molar-refractivity contribution < 1.29 is 19.8 Å². The lowest BCUT2D eigenvalue weighted by atomic mass is 10.0. The molecule has 0 spiro atoms. The standard InChI is InChI=1S/C14H18N2O4S/c1-2-5-15(7-8-17)14(20)16-6-3-11-10(4-9-21-11)12(16)13(18)19/h2,4,9,12,17H,1,3,5-8H2,(H,18,19). The molecular weight excluding hydrogens is 292 g/mol.